The minimum absolute atomic E-state index is 0.311. The van der Waals surface area contributed by atoms with Crippen molar-refractivity contribution in [2.75, 3.05) is 20.3 Å². The van der Waals surface area contributed by atoms with E-state index in [4.69, 9.17) is 9.84 Å². The van der Waals surface area contributed by atoms with Crippen LogP contribution in [-0.4, -0.2) is 42.3 Å². The zero-order valence-corrected chi connectivity index (χ0v) is 12.5. The summed E-state index contributed by atoms with van der Waals surface area (Å²) < 4.78 is 6.10. The minimum atomic E-state index is -0.898. The average molecular weight is 328 g/mol. The summed E-state index contributed by atoms with van der Waals surface area (Å²) in [6.45, 7) is 2.65. The second kappa shape index (κ2) is 6.50. The standard InChI is InChI=1S/C14H18BrNO3/c1-19-9-12-3-2-6-16(12)8-11-5-4-10(14(17)18)7-13(11)15/h4-5,7,12H,2-3,6,8-9H2,1H3,(H,17,18)/t12-/m0/s1. The molecule has 0 radical (unpaired) electrons. The first kappa shape index (κ1) is 14.5. The molecule has 0 unspecified atom stereocenters. The smallest absolute Gasteiger partial charge is 0.335 e. The van der Waals surface area contributed by atoms with Crippen molar-refractivity contribution in [2.45, 2.75) is 25.4 Å². The highest BCUT2D eigenvalue weighted by atomic mass is 79.9. The molecule has 1 N–H and O–H groups in total. The van der Waals surface area contributed by atoms with Gasteiger partial charge in [0, 0.05) is 24.2 Å². The van der Waals surface area contributed by atoms with Gasteiger partial charge in [-0.25, -0.2) is 4.79 Å². The number of benzene rings is 1. The Labute approximate surface area is 121 Å². The molecule has 0 aliphatic carbocycles. The molecule has 1 aromatic carbocycles. The van der Waals surface area contributed by atoms with Crippen LogP contribution >= 0.6 is 15.9 Å². The van der Waals surface area contributed by atoms with Crippen LogP contribution in [0.5, 0.6) is 0 Å². The third kappa shape index (κ3) is 3.55. The van der Waals surface area contributed by atoms with Crippen LogP contribution in [-0.2, 0) is 11.3 Å². The highest BCUT2D eigenvalue weighted by molar-refractivity contribution is 9.10. The Morgan fingerprint density at radius 2 is 2.37 bits per heavy atom. The molecule has 1 atom stereocenters. The summed E-state index contributed by atoms with van der Waals surface area (Å²) in [7, 11) is 1.73. The van der Waals surface area contributed by atoms with Gasteiger partial charge in [0.1, 0.15) is 0 Å². The van der Waals surface area contributed by atoms with Crippen molar-refractivity contribution in [1.29, 1.82) is 0 Å². The topological polar surface area (TPSA) is 49.8 Å². The van der Waals surface area contributed by atoms with Crippen LogP contribution in [0.2, 0.25) is 0 Å². The molecule has 1 saturated heterocycles. The summed E-state index contributed by atoms with van der Waals surface area (Å²) in [6, 6.07) is 5.68. The van der Waals surface area contributed by atoms with Gasteiger partial charge in [-0.2, -0.15) is 0 Å². The van der Waals surface area contributed by atoms with Crippen LogP contribution < -0.4 is 0 Å². The zero-order valence-electron chi connectivity index (χ0n) is 10.9. The molecule has 5 heteroatoms. The Bertz CT molecular complexity index is 464. The van der Waals surface area contributed by atoms with E-state index in [-0.39, 0.29) is 0 Å². The first-order valence-electron chi connectivity index (χ1n) is 6.36. The molecule has 0 bridgehead atoms. The van der Waals surface area contributed by atoms with E-state index in [1.54, 1.807) is 19.2 Å². The summed E-state index contributed by atoms with van der Waals surface area (Å²) in [5.74, 6) is -0.898. The number of halogens is 1. The van der Waals surface area contributed by atoms with Gasteiger partial charge in [0.05, 0.1) is 12.2 Å². The Morgan fingerprint density at radius 3 is 3.00 bits per heavy atom. The molecule has 0 spiro atoms. The van der Waals surface area contributed by atoms with Crippen molar-refractivity contribution >= 4 is 21.9 Å². The zero-order chi connectivity index (χ0) is 13.8. The lowest BCUT2D eigenvalue weighted by atomic mass is 10.1. The largest absolute Gasteiger partial charge is 0.478 e. The van der Waals surface area contributed by atoms with E-state index in [9.17, 15) is 4.79 Å². The summed E-state index contributed by atoms with van der Waals surface area (Å²) >= 11 is 3.46. The lowest BCUT2D eigenvalue weighted by molar-refractivity contribution is 0.0696. The van der Waals surface area contributed by atoms with Gasteiger partial charge in [0.2, 0.25) is 0 Å². The Balaban J connectivity index is 2.08. The highest BCUT2D eigenvalue weighted by Gasteiger charge is 2.24. The van der Waals surface area contributed by atoms with E-state index in [0.717, 1.165) is 29.7 Å². The van der Waals surface area contributed by atoms with Crippen LogP contribution in [0.3, 0.4) is 0 Å². The van der Waals surface area contributed by atoms with Crippen LogP contribution in [0.25, 0.3) is 0 Å². The number of rotatable bonds is 5. The molecule has 104 valence electrons. The van der Waals surface area contributed by atoms with E-state index < -0.39 is 5.97 Å². The summed E-state index contributed by atoms with van der Waals surface area (Å²) in [6.07, 6.45) is 2.36. The number of hydrogen-bond acceptors (Lipinski definition) is 3. The van der Waals surface area contributed by atoms with Crippen molar-refractivity contribution in [3.63, 3.8) is 0 Å². The number of methoxy groups -OCH3 is 1. The van der Waals surface area contributed by atoms with Gasteiger partial charge in [-0.3, -0.25) is 4.90 Å². The SMILES string of the molecule is COC[C@@H]1CCCN1Cc1ccc(C(=O)O)cc1Br. The van der Waals surface area contributed by atoms with Gasteiger partial charge >= 0.3 is 5.97 Å². The Morgan fingerprint density at radius 1 is 1.58 bits per heavy atom. The Hall–Kier alpha value is -0.910. The van der Waals surface area contributed by atoms with Crippen molar-refractivity contribution in [1.82, 2.24) is 4.90 Å². The minimum Gasteiger partial charge on any atom is -0.478 e. The molecule has 0 amide bonds. The molecule has 2 rings (SSSR count). The molecule has 4 nitrogen and oxygen atoms in total. The number of ether oxygens (including phenoxy) is 1. The number of aromatic carboxylic acids is 1. The van der Waals surface area contributed by atoms with Gasteiger partial charge < -0.3 is 9.84 Å². The van der Waals surface area contributed by atoms with Crippen molar-refractivity contribution in [2.24, 2.45) is 0 Å². The maximum Gasteiger partial charge on any atom is 0.335 e. The summed E-state index contributed by atoms with van der Waals surface area (Å²) in [5, 5.41) is 8.95. The van der Waals surface area contributed by atoms with E-state index in [2.05, 4.69) is 20.8 Å². The fourth-order valence-corrected chi connectivity index (χ4v) is 3.02. The third-order valence-electron chi connectivity index (χ3n) is 3.53. The molecule has 0 saturated carbocycles. The molecule has 1 aliphatic rings. The van der Waals surface area contributed by atoms with Crippen LogP contribution in [0.15, 0.2) is 22.7 Å². The number of carboxylic acid groups (broad SMARTS) is 1. The lowest BCUT2D eigenvalue weighted by Crippen LogP contribution is -2.32. The van der Waals surface area contributed by atoms with E-state index in [1.807, 2.05) is 6.07 Å². The Kier molecular flexibility index (Phi) is 4.96. The fourth-order valence-electron chi connectivity index (χ4n) is 2.51. The summed E-state index contributed by atoms with van der Waals surface area (Å²) in [4.78, 5) is 13.3. The molecule has 19 heavy (non-hydrogen) atoms. The monoisotopic (exact) mass is 327 g/mol. The molecule has 0 aromatic heterocycles. The van der Waals surface area contributed by atoms with Crippen molar-refractivity contribution < 1.29 is 14.6 Å². The maximum atomic E-state index is 10.9. The third-order valence-corrected chi connectivity index (χ3v) is 4.27. The highest BCUT2D eigenvalue weighted by Crippen LogP contribution is 2.25. The number of nitrogens with zero attached hydrogens (tertiary/aromatic N) is 1. The fraction of sp³-hybridized carbons (Fsp3) is 0.500. The van der Waals surface area contributed by atoms with Gasteiger partial charge in [-0.05, 0) is 37.1 Å². The molecular formula is C14H18BrNO3. The molecule has 1 aromatic rings. The second-order valence-corrected chi connectivity index (χ2v) is 5.69. The number of carbonyl (C=O) groups is 1. The molecule has 1 fully saturated rings. The number of hydrogen-bond donors (Lipinski definition) is 1. The number of likely N-dealkylation sites (tertiary alicyclic amines) is 1. The van der Waals surface area contributed by atoms with Crippen LogP contribution in [0.4, 0.5) is 0 Å². The van der Waals surface area contributed by atoms with Crippen LogP contribution in [0.1, 0.15) is 28.8 Å². The average Bonchev–Trinajstić information content (AvgIpc) is 2.79. The van der Waals surface area contributed by atoms with Gasteiger partial charge in [-0.15, -0.1) is 0 Å². The lowest BCUT2D eigenvalue weighted by Gasteiger charge is -2.24. The van der Waals surface area contributed by atoms with E-state index in [1.165, 1.54) is 12.8 Å². The quantitative estimate of drug-likeness (QED) is 0.903. The summed E-state index contributed by atoms with van der Waals surface area (Å²) in [5.41, 5.74) is 1.43. The van der Waals surface area contributed by atoms with Gasteiger partial charge in [0.15, 0.2) is 0 Å². The molecular weight excluding hydrogens is 310 g/mol. The first-order valence-corrected chi connectivity index (χ1v) is 7.16. The second-order valence-electron chi connectivity index (χ2n) is 4.83. The normalized spacial score (nSPS) is 19.8. The van der Waals surface area contributed by atoms with Crippen LogP contribution in [0, 0.1) is 0 Å². The predicted octanol–water partition coefficient (Wildman–Crippen LogP) is 2.76. The van der Waals surface area contributed by atoms with Gasteiger partial charge in [-0.1, -0.05) is 22.0 Å². The maximum absolute atomic E-state index is 10.9. The molecule has 1 heterocycles. The molecule has 1 aliphatic heterocycles. The first-order chi connectivity index (χ1) is 9.11. The van der Waals surface area contributed by atoms with Crippen molar-refractivity contribution in [3.05, 3.63) is 33.8 Å². The number of carboxylic acids is 1. The van der Waals surface area contributed by atoms with E-state index in [0.29, 0.717) is 11.6 Å². The van der Waals surface area contributed by atoms with Gasteiger partial charge in [0.25, 0.3) is 0 Å². The predicted molar refractivity (Wildman–Crippen MR) is 76.4 cm³/mol. The van der Waals surface area contributed by atoms with E-state index >= 15 is 0 Å². The van der Waals surface area contributed by atoms with Crippen molar-refractivity contribution in [3.8, 4) is 0 Å².